The lowest BCUT2D eigenvalue weighted by Crippen LogP contribution is -2.30. The Labute approximate surface area is 188 Å². The van der Waals surface area contributed by atoms with Crippen LogP contribution in [0.3, 0.4) is 0 Å². The minimum Gasteiger partial charge on any atom is -0.279 e. The number of carbonyl (C=O) groups excluding carboxylic acids is 1. The lowest BCUT2D eigenvalue weighted by molar-refractivity contribution is 0.0985. The van der Waals surface area contributed by atoms with Crippen molar-refractivity contribution in [3.8, 4) is 0 Å². The summed E-state index contributed by atoms with van der Waals surface area (Å²) in [5.41, 5.74) is 5.23. The number of anilines is 1. The summed E-state index contributed by atoms with van der Waals surface area (Å²) in [6.45, 7) is 9.16. The number of benzene rings is 3. The average Bonchev–Trinajstić information content (AvgIpc) is 3.21. The first-order valence-electron chi connectivity index (χ1n) is 10.7. The topological polar surface area (TPSA) is 33.2 Å². The number of fused-ring (bicyclic) bond motifs is 1. The number of hydrogen-bond donors (Lipinski definition) is 0. The van der Waals surface area contributed by atoms with Gasteiger partial charge in [0.25, 0.3) is 5.91 Å². The molecular formula is C27H28N2OS. The van der Waals surface area contributed by atoms with E-state index < -0.39 is 0 Å². The van der Waals surface area contributed by atoms with Crippen LogP contribution in [0.4, 0.5) is 5.13 Å². The predicted octanol–water partition coefficient (Wildman–Crippen LogP) is 7.00. The molecule has 1 aromatic heterocycles. The molecule has 0 unspecified atom stereocenters. The van der Waals surface area contributed by atoms with Gasteiger partial charge in [-0.05, 0) is 46.7 Å². The normalized spacial score (nSPS) is 11.6. The van der Waals surface area contributed by atoms with Gasteiger partial charge >= 0.3 is 0 Å². The van der Waals surface area contributed by atoms with E-state index in [1.807, 2.05) is 47.4 Å². The van der Waals surface area contributed by atoms with Crippen molar-refractivity contribution in [1.29, 1.82) is 0 Å². The van der Waals surface area contributed by atoms with E-state index in [0.29, 0.717) is 12.1 Å². The molecule has 4 rings (SSSR count). The third-order valence-corrected chi connectivity index (χ3v) is 6.57. The number of rotatable bonds is 5. The Balaban J connectivity index is 1.75. The van der Waals surface area contributed by atoms with Crippen molar-refractivity contribution in [3.63, 3.8) is 0 Å². The Kier molecular flexibility index (Phi) is 5.92. The van der Waals surface area contributed by atoms with E-state index in [2.05, 4.69) is 58.0 Å². The zero-order chi connectivity index (χ0) is 22.0. The summed E-state index contributed by atoms with van der Waals surface area (Å²) in [7, 11) is 0. The number of para-hydroxylation sites is 1. The van der Waals surface area contributed by atoms with Crippen LogP contribution in [-0.4, -0.2) is 10.9 Å². The summed E-state index contributed by atoms with van der Waals surface area (Å²) in [6, 6.07) is 24.3. The number of hydrogen-bond acceptors (Lipinski definition) is 3. The van der Waals surface area contributed by atoms with Gasteiger partial charge in [0.1, 0.15) is 0 Å². The summed E-state index contributed by atoms with van der Waals surface area (Å²) in [4.78, 5) is 20.4. The molecule has 1 amide bonds. The molecule has 0 saturated carbocycles. The predicted molar refractivity (Wildman–Crippen MR) is 131 cm³/mol. The molecule has 4 aromatic rings. The average molecular weight is 429 g/mol. The highest BCUT2D eigenvalue weighted by Crippen LogP contribution is 2.33. The van der Waals surface area contributed by atoms with Gasteiger partial charge in [-0.3, -0.25) is 9.69 Å². The summed E-state index contributed by atoms with van der Waals surface area (Å²) in [6.07, 6.45) is 0.918. The molecular weight excluding hydrogens is 400 g/mol. The maximum absolute atomic E-state index is 13.6. The molecule has 4 heteroatoms. The van der Waals surface area contributed by atoms with Crippen LogP contribution in [0.5, 0.6) is 0 Å². The molecule has 31 heavy (non-hydrogen) atoms. The molecule has 0 fully saturated rings. The highest BCUT2D eigenvalue weighted by molar-refractivity contribution is 7.22. The van der Waals surface area contributed by atoms with Crippen molar-refractivity contribution >= 4 is 32.6 Å². The van der Waals surface area contributed by atoms with Gasteiger partial charge in [-0.1, -0.05) is 93.6 Å². The number of carbonyl (C=O) groups is 1. The fourth-order valence-electron chi connectivity index (χ4n) is 3.66. The van der Waals surface area contributed by atoms with Gasteiger partial charge in [-0.2, -0.15) is 0 Å². The lowest BCUT2D eigenvalue weighted by Gasteiger charge is -2.22. The minimum absolute atomic E-state index is 0.0265. The van der Waals surface area contributed by atoms with Crippen LogP contribution in [0.1, 0.15) is 54.7 Å². The molecule has 3 nitrogen and oxygen atoms in total. The third kappa shape index (κ3) is 4.54. The fourth-order valence-corrected chi connectivity index (χ4v) is 4.67. The van der Waals surface area contributed by atoms with Crippen LogP contribution in [0.25, 0.3) is 10.2 Å². The van der Waals surface area contributed by atoms with E-state index in [9.17, 15) is 4.79 Å². The molecule has 0 aliphatic carbocycles. The van der Waals surface area contributed by atoms with Crippen molar-refractivity contribution in [1.82, 2.24) is 4.98 Å². The third-order valence-electron chi connectivity index (χ3n) is 5.53. The van der Waals surface area contributed by atoms with Crippen LogP contribution < -0.4 is 4.90 Å². The van der Waals surface area contributed by atoms with Gasteiger partial charge in [-0.25, -0.2) is 4.98 Å². The van der Waals surface area contributed by atoms with Crippen molar-refractivity contribution in [2.75, 3.05) is 4.90 Å². The summed E-state index contributed by atoms with van der Waals surface area (Å²) in [5, 5.41) is 0.740. The number of aryl methyl sites for hydroxylation is 1. The van der Waals surface area contributed by atoms with Crippen molar-refractivity contribution in [2.45, 2.75) is 46.1 Å². The Morgan fingerprint density at radius 3 is 2.29 bits per heavy atom. The molecule has 0 N–H and O–H groups in total. The Bertz CT molecular complexity index is 1190. The monoisotopic (exact) mass is 428 g/mol. The first-order valence-corrected chi connectivity index (χ1v) is 11.5. The van der Waals surface area contributed by atoms with Gasteiger partial charge in [-0.15, -0.1) is 0 Å². The highest BCUT2D eigenvalue weighted by Gasteiger charge is 2.23. The second-order valence-corrected chi connectivity index (χ2v) is 9.83. The van der Waals surface area contributed by atoms with E-state index in [1.165, 1.54) is 11.1 Å². The summed E-state index contributed by atoms with van der Waals surface area (Å²) >= 11 is 1.58. The quantitative estimate of drug-likeness (QED) is 0.343. The Hall–Kier alpha value is -2.98. The van der Waals surface area contributed by atoms with E-state index in [-0.39, 0.29) is 11.3 Å². The summed E-state index contributed by atoms with van der Waals surface area (Å²) < 4.78 is 1.11. The zero-order valence-corrected chi connectivity index (χ0v) is 19.4. The zero-order valence-electron chi connectivity index (χ0n) is 18.6. The Morgan fingerprint density at radius 2 is 1.65 bits per heavy atom. The van der Waals surface area contributed by atoms with E-state index in [4.69, 9.17) is 4.98 Å². The van der Waals surface area contributed by atoms with E-state index in [1.54, 1.807) is 11.3 Å². The maximum Gasteiger partial charge on any atom is 0.260 e. The molecule has 0 aliphatic heterocycles. The van der Waals surface area contributed by atoms with Gasteiger partial charge in [0.05, 0.1) is 16.8 Å². The van der Waals surface area contributed by atoms with Crippen LogP contribution in [-0.2, 0) is 18.4 Å². The second-order valence-electron chi connectivity index (χ2n) is 8.82. The van der Waals surface area contributed by atoms with Crippen LogP contribution >= 0.6 is 11.3 Å². The van der Waals surface area contributed by atoms with Crippen LogP contribution in [0.15, 0.2) is 72.8 Å². The number of amides is 1. The molecule has 3 aromatic carbocycles. The molecule has 0 atom stereocenters. The van der Waals surface area contributed by atoms with Crippen LogP contribution in [0.2, 0.25) is 0 Å². The second kappa shape index (κ2) is 8.64. The van der Waals surface area contributed by atoms with Crippen LogP contribution in [0, 0.1) is 0 Å². The highest BCUT2D eigenvalue weighted by atomic mass is 32.1. The lowest BCUT2D eigenvalue weighted by atomic mass is 9.86. The van der Waals surface area contributed by atoms with Gasteiger partial charge in [0.2, 0.25) is 0 Å². The number of thiazole rings is 1. The van der Waals surface area contributed by atoms with E-state index >= 15 is 0 Å². The molecule has 1 heterocycles. The largest absolute Gasteiger partial charge is 0.279 e. The molecule has 0 saturated heterocycles. The van der Waals surface area contributed by atoms with Gasteiger partial charge < -0.3 is 0 Å². The number of nitrogens with zero attached hydrogens (tertiary/aromatic N) is 2. The molecule has 158 valence electrons. The minimum atomic E-state index is -0.0265. The maximum atomic E-state index is 13.6. The Morgan fingerprint density at radius 1 is 0.935 bits per heavy atom. The fraction of sp³-hybridized carbons (Fsp3) is 0.259. The molecule has 0 radical (unpaired) electrons. The molecule has 0 spiro atoms. The first kappa shape index (κ1) is 21.3. The van der Waals surface area contributed by atoms with Crippen molar-refractivity contribution in [3.05, 3.63) is 95.1 Å². The summed E-state index contributed by atoms with van der Waals surface area (Å²) in [5.74, 6) is -0.0265. The van der Waals surface area contributed by atoms with Gasteiger partial charge in [0, 0.05) is 5.56 Å². The SMILES string of the molecule is CCc1cccc2sc(N(Cc3ccccc3)C(=O)c3ccc(C(C)(C)C)cc3)nc12. The van der Waals surface area contributed by atoms with Crippen molar-refractivity contribution in [2.24, 2.45) is 0 Å². The van der Waals surface area contributed by atoms with E-state index in [0.717, 1.165) is 27.3 Å². The standard InChI is InChI=1S/C27H28N2OS/c1-5-20-12-9-13-23-24(20)28-26(31-23)29(18-19-10-7-6-8-11-19)25(30)21-14-16-22(17-15-21)27(2,3)4/h6-17H,5,18H2,1-4H3. The van der Waals surface area contributed by atoms with Crippen molar-refractivity contribution < 1.29 is 4.79 Å². The first-order chi connectivity index (χ1) is 14.9. The molecule has 0 bridgehead atoms. The molecule has 0 aliphatic rings. The van der Waals surface area contributed by atoms with Gasteiger partial charge in [0.15, 0.2) is 5.13 Å². The smallest absolute Gasteiger partial charge is 0.260 e. The number of aromatic nitrogens is 1.